The van der Waals surface area contributed by atoms with Crippen LogP contribution in [-0.2, 0) is 6.42 Å². The molecule has 0 N–H and O–H groups in total. The second kappa shape index (κ2) is 5.69. The zero-order valence-corrected chi connectivity index (χ0v) is 10.9. The predicted molar refractivity (Wildman–Crippen MR) is 71.2 cm³/mol. The quantitative estimate of drug-likeness (QED) is 0.612. The number of hydrogen-bond donors (Lipinski definition) is 0. The second-order valence-electron chi connectivity index (χ2n) is 3.88. The molecule has 0 unspecified atom stereocenters. The van der Waals surface area contributed by atoms with E-state index in [1.165, 1.54) is 11.3 Å². The summed E-state index contributed by atoms with van der Waals surface area (Å²) in [4.78, 5) is 29.5. The van der Waals surface area contributed by atoms with Crippen LogP contribution in [0, 0.1) is 0 Å². The summed E-state index contributed by atoms with van der Waals surface area (Å²) in [5.74, 6) is -0.268. The van der Waals surface area contributed by atoms with Crippen molar-refractivity contribution in [1.82, 2.24) is 4.98 Å². The Morgan fingerprint density at radius 3 is 2.44 bits per heavy atom. The van der Waals surface area contributed by atoms with Crippen molar-refractivity contribution in [2.75, 3.05) is 0 Å². The van der Waals surface area contributed by atoms with Crippen LogP contribution < -0.4 is 0 Å². The number of carbonyl (C=O) groups excluding carboxylic acids is 2. The zero-order chi connectivity index (χ0) is 13.0. The van der Waals surface area contributed by atoms with Crippen LogP contribution >= 0.6 is 11.3 Å². The van der Waals surface area contributed by atoms with Gasteiger partial charge in [-0.1, -0.05) is 6.92 Å². The first-order chi connectivity index (χ1) is 8.70. The van der Waals surface area contributed by atoms with Gasteiger partial charge in [0.25, 0.3) is 0 Å². The number of aryl methyl sites for hydroxylation is 1. The first kappa shape index (κ1) is 12.6. The highest BCUT2D eigenvalue weighted by Gasteiger charge is 2.15. The van der Waals surface area contributed by atoms with Crippen LogP contribution in [0.15, 0.2) is 36.7 Å². The molecule has 0 aliphatic rings. The van der Waals surface area contributed by atoms with E-state index in [-0.39, 0.29) is 18.0 Å². The van der Waals surface area contributed by atoms with Crippen LogP contribution in [0.1, 0.15) is 38.3 Å². The van der Waals surface area contributed by atoms with Crippen molar-refractivity contribution < 1.29 is 9.59 Å². The maximum absolute atomic E-state index is 11.9. The van der Waals surface area contributed by atoms with Gasteiger partial charge in [0, 0.05) is 22.8 Å². The molecule has 18 heavy (non-hydrogen) atoms. The maximum Gasteiger partial charge on any atom is 0.180 e. The lowest BCUT2D eigenvalue weighted by Gasteiger charge is -1.98. The summed E-state index contributed by atoms with van der Waals surface area (Å²) in [5, 5.41) is 0. The van der Waals surface area contributed by atoms with Gasteiger partial charge in [0.2, 0.25) is 0 Å². The van der Waals surface area contributed by atoms with E-state index in [1.807, 2.05) is 13.0 Å². The first-order valence-electron chi connectivity index (χ1n) is 5.76. The molecule has 0 saturated carbocycles. The number of rotatable bonds is 5. The molecule has 0 radical (unpaired) electrons. The minimum absolute atomic E-state index is 0.0757. The number of ketones is 2. The van der Waals surface area contributed by atoms with Crippen LogP contribution in [0.5, 0.6) is 0 Å². The minimum atomic E-state index is -0.158. The van der Waals surface area contributed by atoms with E-state index >= 15 is 0 Å². The topological polar surface area (TPSA) is 47.0 Å². The summed E-state index contributed by atoms with van der Waals surface area (Å²) >= 11 is 1.46. The number of aromatic nitrogens is 1. The van der Waals surface area contributed by atoms with Crippen LogP contribution in [0.2, 0.25) is 0 Å². The summed E-state index contributed by atoms with van der Waals surface area (Å²) in [6, 6.07) is 6.99. The SMILES string of the molecule is CCc1ccc(C(=O)CC(=O)c2ccncc2)s1. The molecule has 2 rings (SSSR count). The van der Waals surface area contributed by atoms with Crippen molar-refractivity contribution in [3.63, 3.8) is 0 Å². The van der Waals surface area contributed by atoms with Crippen LogP contribution in [0.4, 0.5) is 0 Å². The van der Waals surface area contributed by atoms with E-state index in [1.54, 1.807) is 30.6 Å². The van der Waals surface area contributed by atoms with E-state index in [0.29, 0.717) is 10.4 Å². The van der Waals surface area contributed by atoms with Crippen molar-refractivity contribution in [2.45, 2.75) is 19.8 Å². The lowest BCUT2D eigenvalue weighted by molar-refractivity contribution is 0.0896. The normalized spacial score (nSPS) is 10.3. The maximum atomic E-state index is 11.9. The molecule has 4 heteroatoms. The van der Waals surface area contributed by atoms with Crippen molar-refractivity contribution in [3.8, 4) is 0 Å². The average Bonchev–Trinajstić information content (AvgIpc) is 2.88. The molecule has 0 fully saturated rings. The lowest BCUT2D eigenvalue weighted by Crippen LogP contribution is -2.07. The number of Topliss-reactive ketones (excluding diaryl/α,β-unsaturated/α-hetero) is 2. The molecule has 0 aliphatic heterocycles. The van der Waals surface area contributed by atoms with Crippen molar-refractivity contribution in [1.29, 1.82) is 0 Å². The van der Waals surface area contributed by atoms with Gasteiger partial charge in [0.15, 0.2) is 11.6 Å². The third-order valence-electron chi connectivity index (χ3n) is 2.61. The smallest absolute Gasteiger partial charge is 0.180 e. The van der Waals surface area contributed by atoms with E-state index in [0.717, 1.165) is 11.3 Å². The molecule has 2 heterocycles. The van der Waals surface area contributed by atoms with Gasteiger partial charge in [-0.15, -0.1) is 11.3 Å². The molecular formula is C14H13NO2S. The summed E-state index contributed by atoms with van der Waals surface area (Å²) in [6.45, 7) is 2.04. The third-order valence-corrected chi connectivity index (χ3v) is 3.88. The average molecular weight is 259 g/mol. The Hall–Kier alpha value is -1.81. The molecule has 0 saturated heterocycles. The van der Waals surface area contributed by atoms with Crippen LogP contribution in [-0.4, -0.2) is 16.6 Å². The number of pyridine rings is 1. The summed E-state index contributed by atoms with van der Waals surface area (Å²) in [7, 11) is 0. The van der Waals surface area contributed by atoms with E-state index in [2.05, 4.69) is 4.98 Å². The van der Waals surface area contributed by atoms with E-state index in [9.17, 15) is 9.59 Å². The molecule has 92 valence electrons. The third kappa shape index (κ3) is 2.90. The fourth-order valence-corrected chi connectivity index (χ4v) is 2.48. The summed E-state index contributed by atoms with van der Waals surface area (Å²) in [5.41, 5.74) is 0.533. The monoisotopic (exact) mass is 259 g/mol. The number of thiophene rings is 1. The summed E-state index contributed by atoms with van der Waals surface area (Å²) < 4.78 is 0. The molecule has 0 atom stereocenters. The van der Waals surface area contributed by atoms with Gasteiger partial charge < -0.3 is 0 Å². The molecule has 0 aromatic carbocycles. The lowest BCUT2D eigenvalue weighted by atomic mass is 10.1. The van der Waals surface area contributed by atoms with E-state index < -0.39 is 0 Å². The first-order valence-corrected chi connectivity index (χ1v) is 6.57. The zero-order valence-electron chi connectivity index (χ0n) is 10.1. The fraction of sp³-hybridized carbons (Fsp3) is 0.214. The molecule has 0 spiro atoms. The van der Waals surface area contributed by atoms with Crippen LogP contribution in [0.25, 0.3) is 0 Å². The fourth-order valence-electron chi connectivity index (χ4n) is 1.59. The Morgan fingerprint density at radius 2 is 1.83 bits per heavy atom. The van der Waals surface area contributed by atoms with Gasteiger partial charge in [-0.3, -0.25) is 14.6 Å². The van der Waals surface area contributed by atoms with Gasteiger partial charge in [-0.2, -0.15) is 0 Å². The molecule has 0 bridgehead atoms. The van der Waals surface area contributed by atoms with Gasteiger partial charge >= 0.3 is 0 Å². The van der Waals surface area contributed by atoms with Gasteiger partial charge in [-0.05, 0) is 30.7 Å². The Morgan fingerprint density at radius 1 is 1.11 bits per heavy atom. The minimum Gasteiger partial charge on any atom is -0.294 e. The van der Waals surface area contributed by atoms with Crippen molar-refractivity contribution >= 4 is 22.9 Å². The van der Waals surface area contributed by atoms with Gasteiger partial charge in [0.1, 0.15) is 0 Å². The molecule has 0 amide bonds. The molecule has 3 nitrogen and oxygen atoms in total. The Labute approximate surface area is 109 Å². The van der Waals surface area contributed by atoms with Gasteiger partial charge in [-0.25, -0.2) is 0 Å². The Bertz CT molecular complexity index is 560. The van der Waals surface area contributed by atoms with E-state index in [4.69, 9.17) is 0 Å². The highest BCUT2D eigenvalue weighted by atomic mass is 32.1. The number of carbonyl (C=O) groups is 2. The van der Waals surface area contributed by atoms with Gasteiger partial charge in [0.05, 0.1) is 11.3 Å². The van der Waals surface area contributed by atoms with Crippen molar-refractivity contribution in [3.05, 3.63) is 52.0 Å². The second-order valence-corrected chi connectivity index (χ2v) is 5.05. The highest BCUT2D eigenvalue weighted by molar-refractivity contribution is 7.14. The van der Waals surface area contributed by atoms with Crippen LogP contribution in [0.3, 0.4) is 0 Å². The number of hydrogen-bond acceptors (Lipinski definition) is 4. The van der Waals surface area contributed by atoms with Crippen molar-refractivity contribution in [2.24, 2.45) is 0 Å². The Balaban J connectivity index is 2.06. The summed E-state index contributed by atoms with van der Waals surface area (Å²) in [6.07, 6.45) is 3.94. The largest absolute Gasteiger partial charge is 0.294 e. The Kier molecular flexibility index (Phi) is 3.99. The molecule has 2 aromatic rings. The molecular weight excluding hydrogens is 246 g/mol. The predicted octanol–water partition coefficient (Wildman–Crippen LogP) is 3.16. The highest BCUT2D eigenvalue weighted by Crippen LogP contribution is 2.19. The molecule has 0 aliphatic carbocycles. The standard InChI is InChI=1S/C14H13NO2S/c1-2-11-3-4-14(18-11)13(17)9-12(16)10-5-7-15-8-6-10/h3-8H,2,9H2,1H3. The number of nitrogens with zero attached hydrogens (tertiary/aromatic N) is 1. The molecule has 2 aromatic heterocycles.